The second-order valence-corrected chi connectivity index (χ2v) is 9.52. The van der Waals surface area contributed by atoms with Crippen LogP contribution in [-0.2, 0) is 14.8 Å². The number of nitrogens with zero attached hydrogens (tertiary/aromatic N) is 3. The monoisotopic (exact) mass is 572 g/mol. The Hall–Kier alpha value is -1.18. The first-order chi connectivity index (χ1) is 14.2. The molecule has 1 saturated heterocycles. The topological polar surface area (TPSA) is 83.5 Å². The number of hydrogen-bond donors (Lipinski definition) is 1. The first-order valence-electron chi connectivity index (χ1n) is 10.2. The van der Waals surface area contributed by atoms with Crippen LogP contribution in [0.4, 0.5) is 4.39 Å². The van der Waals surface area contributed by atoms with Crippen molar-refractivity contribution in [3.05, 3.63) is 30.1 Å². The van der Waals surface area contributed by atoms with Gasteiger partial charge in [0.15, 0.2) is 5.96 Å². The molecule has 0 aromatic heterocycles. The van der Waals surface area contributed by atoms with Crippen molar-refractivity contribution >= 4 is 40.0 Å². The lowest BCUT2D eigenvalue weighted by Gasteiger charge is -2.36. The summed E-state index contributed by atoms with van der Waals surface area (Å²) in [5.74, 6) is 0.990. The lowest BCUT2D eigenvalue weighted by Crippen LogP contribution is -2.55. The van der Waals surface area contributed by atoms with E-state index in [0.29, 0.717) is 44.4 Å². The molecule has 1 aromatic rings. The van der Waals surface area contributed by atoms with Crippen LogP contribution in [-0.4, -0.2) is 87.9 Å². The smallest absolute Gasteiger partial charge is 0.216 e. The molecule has 0 spiro atoms. The molecule has 0 saturated carbocycles. The quantitative estimate of drug-likeness (QED) is 0.278. The van der Waals surface area contributed by atoms with Gasteiger partial charge in [0.25, 0.3) is 0 Å². The molecule has 1 N–H and O–H groups in total. The van der Waals surface area contributed by atoms with Gasteiger partial charge in [0.05, 0.1) is 25.0 Å². The number of ether oxygens (including phenoxy) is 2. The third-order valence-corrected chi connectivity index (χ3v) is 6.47. The van der Waals surface area contributed by atoms with Gasteiger partial charge in [0.1, 0.15) is 17.7 Å². The molecule has 1 heterocycles. The molecule has 1 aromatic carbocycles. The lowest BCUT2D eigenvalue weighted by molar-refractivity contribution is 0.0904. The minimum atomic E-state index is -3.32. The molecule has 1 atom stereocenters. The molecule has 2 rings (SSSR count). The Morgan fingerprint density at radius 2 is 1.77 bits per heavy atom. The van der Waals surface area contributed by atoms with Crippen molar-refractivity contribution < 1.29 is 22.3 Å². The van der Waals surface area contributed by atoms with Gasteiger partial charge in [-0.1, -0.05) is 0 Å². The maximum absolute atomic E-state index is 13.0. The highest BCUT2D eigenvalue weighted by Gasteiger charge is 2.28. The molecule has 0 amide bonds. The van der Waals surface area contributed by atoms with Crippen molar-refractivity contribution in [2.45, 2.75) is 33.0 Å². The second kappa shape index (κ2) is 13.4. The predicted molar refractivity (Wildman–Crippen MR) is 131 cm³/mol. The summed E-state index contributed by atoms with van der Waals surface area (Å²) in [7, 11) is -1.63. The molecule has 178 valence electrons. The Kier molecular flexibility index (Phi) is 12.0. The number of guanidine groups is 1. The van der Waals surface area contributed by atoms with Gasteiger partial charge in [-0.05, 0) is 45.0 Å². The highest BCUT2D eigenvalue weighted by atomic mass is 127. The van der Waals surface area contributed by atoms with Gasteiger partial charge in [-0.3, -0.25) is 4.99 Å². The molecule has 0 radical (unpaired) electrons. The van der Waals surface area contributed by atoms with E-state index in [1.54, 1.807) is 19.2 Å². The van der Waals surface area contributed by atoms with Crippen molar-refractivity contribution in [3.8, 4) is 5.75 Å². The number of hydrogen-bond acceptors (Lipinski definition) is 5. The molecule has 0 bridgehead atoms. The largest absolute Gasteiger partial charge is 0.489 e. The number of piperazine rings is 1. The summed E-state index contributed by atoms with van der Waals surface area (Å²) >= 11 is 0. The molecule has 0 aliphatic carbocycles. The van der Waals surface area contributed by atoms with Crippen LogP contribution in [0.2, 0.25) is 0 Å². The molecular weight excluding hydrogens is 538 g/mol. The van der Waals surface area contributed by atoms with Gasteiger partial charge in [0, 0.05) is 33.2 Å². The average Bonchev–Trinajstić information content (AvgIpc) is 2.70. The number of aliphatic imine (C=N–C) groups is 1. The van der Waals surface area contributed by atoms with Crippen LogP contribution >= 0.6 is 24.0 Å². The first-order valence-corrected chi connectivity index (χ1v) is 11.8. The molecule has 8 nitrogen and oxygen atoms in total. The first kappa shape index (κ1) is 27.9. The lowest BCUT2D eigenvalue weighted by atomic mass is 10.3. The molecule has 1 fully saturated rings. The standard InChI is InChI=1S/C20H33FN4O4S.HI/c1-16(2)28-13-14-30(26,27)25-11-9-24(10-12-25)20(22-4)23-15-17(3)29-19-7-5-18(21)6-8-19;/h5-8,16-17H,9-15H2,1-4H3,(H,22,23);1H. The number of benzene rings is 1. The van der Waals surface area contributed by atoms with Gasteiger partial charge in [-0.15, -0.1) is 24.0 Å². The van der Waals surface area contributed by atoms with Crippen LogP contribution in [0.25, 0.3) is 0 Å². The van der Waals surface area contributed by atoms with Gasteiger partial charge >= 0.3 is 0 Å². The van der Waals surface area contributed by atoms with E-state index in [-0.39, 0.29) is 54.4 Å². The zero-order valence-corrected chi connectivity index (χ0v) is 21.7. The summed E-state index contributed by atoms with van der Waals surface area (Å²) in [4.78, 5) is 6.33. The molecule has 31 heavy (non-hydrogen) atoms. The Bertz CT molecular complexity index is 785. The number of nitrogens with one attached hydrogen (secondary N) is 1. The summed E-state index contributed by atoms with van der Waals surface area (Å²) in [6.45, 7) is 8.32. The zero-order valence-electron chi connectivity index (χ0n) is 18.6. The van der Waals surface area contributed by atoms with E-state index < -0.39 is 10.0 Å². The van der Waals surface area contributed by atoms with E-state index in [4.69, 9.17) is 9.47 Å². The van der Waals surface area contributed by atoms with Crippen molar-refractivity contribution in [2.24, 2.45) is 4.99 Å². The normalized spacial score (nSPS) is 16.7. The fraction of sp³-hybridized carbons (Fsp3) is 0.650. The van der Waals surface area contributed by atoms with E-state index in [2.05, 4.69) is 10.3 Å². The van der Waals surface area contributed by atoms with Crippen molar-refractivity contribution in [3.63, 3.8) is 0 Å². The fourth-order valence-electron chi connectivity index (χ4n) is 3.05. The van der Waals surface area contributed by atoms with Crippen LogP contribution in [0.3, 0.4) is 0 Å². The summed E-state index contributed by atoms with van der Waals surface area (Å²) in [5.41, 5.74) is 0. The molecule has 1 aliphatic rings. The minimum Gasteiger partial charge on any atom is -0.489 e. The van der Waals surface area contributed by atoms with Gasteiger partial charge in [-0.2, -0.15) is 4.31 Å². The van der Waals surface area contributed by atoms with E-state index in [1.165, 1.54) is 16.4 Å². The molecule has 1 aliphatic heterocycles. The van der Waals surface area contributed by atoms with E-state index in [9.17, 15) is 12.8 Å². The highest BCUT2D eigenvalue weighted by molar-refractivity contribution is 14.0. The van der Waals surface area contributed by atoms with Crippen LogP contribution in [0.5, 0.6) is 5.75 Å². The molecule has 11 heteroatoms. The Labute approximate surface area is 202 Å². The van der Waals surface area contributed by atoms with Crippen molar-refractivity contribution in [2.75, 3.05) is 52.1 Å². The van der Waals surface area contributed by atoms with E-state index in [0.717, 1.165) is 0 Å². The van der Waals surface area contributed by atoms with Crippen LogP contribution in [0, 0.1) is 5.82 Å². The number of sulfonamides is 1. The minimum absolute atomic E-state index is 0. The van der Waals surface area contributed by atoms with Crippen molar-refractivity contribution in [1.29, 1.82) is 0 Å². The highest BCUT2D eigenvalue weighted by Crippen LogP contribution is 2.13. The van der Waals surface area contributed by atoms with Gasteiger partial charge in [-0.25, -0.2) is 12.8 Å². The average molecular weight is 572 g/mol. The summed E-state index contributed by atoms with van der Waals surface area (Å²) < 4.78 is 50.6. The maximum Gasteiger partial charge on any atom is 0.216 e. The third kappa shape index (κ3) is 9.46. The second-order valence-electron chi connectivity index (χ2n) is 7.43. The fourth-order valence-corrected chi connectivity index (χ4v) is 4.34. The van der Waals surface area contributed by atoms with Gasteiger partial charge < -0.3 is 19.7 Å². The van der Waals surface area contributed by atoms with Crippen molar-refractivity contribution in [1.82, 2.24) is 14.5 Å². The Morgan fingerprint density at radius 1 is 1.16 bits per heavy atom. The molecular formula is C20H34FIN4O4S. The number of halogens is 2. The summed E-state index contributed by atoms with van der Waals surface area (Å²) in [6.07, 6.45) is -0.143. The van der Waals surface area contributed by atoms with Crippen LogP contribution in [0.1, 0.15) is 20.8 Å². The van der Waals surface area contributed by atoms with Gasteiger partial charge in [0.2, 0.25) is 10.0 Å². The van der Waals surface area contributed by atoms with E-state index in [1.807, 2.05) is 25.7 Å². The Balaban J connectivity index is 0.00000480. The summed E-state index contributed by atoms with van der Waals surface area (Å²) in [6, 6.07) is 5.90. The van der Waals surface area contributed by atoms with E-state index >= 15 is 0 Å². The maximum atomic E-state index is 13.0. The van der Waals surface area contributed by atoms with Crippen LogP contribution in [0.15, 0.2) is 29.3 Å². The third-order valence-electron chi connectivity index (χ3n) is 4.63. The summed E-state index contributed by atoms with van der Waals surface area (Å²) in [5, 5.41) is 3.26. The van der Waals surface area contributed by atoms with Crippen LogP contribution < -0.4 is 10.1 Å². The SMILES string of the molecule is CN=C(NCC(C)Oc1ccc(F)cc1)N1CCN(S(=O)(=O)CCOC(C)C)CC1.I. The Morgan fingerprint density at radius 3 is 2.32 bits per heavy atom. The number of rotatable bonds is 9. The predicted octanol–water partition coefficient (Wildman–Crippen LogP) is 2.16. The molecule has 1 unspecified atom stereocenters. The zero-order chi connectivity index (χ0) is 22.1.